The molecule has 1 aromatic carbocycles. The summed E-state index contributed by atoms with van der Waals surface area (Å²) in [6.45, 7) is 6.47. The zero-order valence-electron chi connectivity index (χ0n) is 16.6. The Balaban J connectivity index is 1.20. The summed E-state index contributed by atoms with van der Waals surface area (Å²) in [5.41, 5.74) is 4.45. The number of aromatic nitrogens is 2. The number of piperidine rings is 1. The van der Waals surface area contributed by atoms with Crippen LogP contribution in [0.25, 0.3) is 0 Å². The lowest BCUT2D eigenvalue weighted by atomic mass is 9.87. The maximum atomic E-state index is 12.6. The number of nitrogens with one attached hydrogen (secondary N) is 1. The summed E-state index contributed by atoms with van der Waals surface area (Å²) >= 11 is 0. The lowest BCUT2D eigenvalue weighted by Gasteiger charge is -2.56. The summed E-state index contributed by atoms with van der Waals surface area (Å²) in [5.74, 6) is 1.77. The molecule has 6 rings (SSSR count). The third-order valence-corrected chi connectivity index (χ3v) is 6.54. The molecular formula is C22H27N5O. The van der Waals surface area contributed by atoms with Crippen LogP contribution < -0.4 is 10.2 Å². The number of hydrogen-bond acceptors (Lipinski definition) is 5. The first kappa shape index (κ1) is 17.6. The fraction of sp³-hybridized carbons (Fsp3) is 0.500. The van der Waals surface area contributed by atoms with E-state index in [4.69, 9.17) is 0 Å². The van der Waals surface area contributed by atoms with Gasteiger partial charge in [-0.05, 0) is 50.3 Å². The maximum absolute atomic E-state index is 12.6. The van der Waals surface area contributed by atoms with Crippen LogP contribution in [0, 0.1) is 13.8 Å². The van der Waals surface area contributed by atoms with Gasteiger partial charge in [0.05, 0.1) is 6.54 Å². The van der Waals surface area contributed by atoms with Crippen molar-refractivity contribution in [2.75, 3.05) is 29.9 Å². The third-order valence-electron chi connectivity index (χ3n) is 6.54. The molecule has 6 nitrogen and oxygen atoms in total. The smallest absolute Gasteiger partial charge is 0.238 e. The standard InChI is InChI=1S/C22H27N5O/c1-14-4-3-5-19(15(14)2)25-22(28)12-27-17-8-18(27)11-26(10-17)21-9-20(16-6-7-16)23-13-24-21/h3-5,9,13,16-18H,6-8,10-12H2,1-2H3,(H,25,28). The van der Waals surface area contributed by atoms with E-state index in [2.05, 4.69) is 51.1 Å². The van der Waals surface area contributed by atoms with E-state index in [0.29, 0.717) is 24.5 Å². The zero-order chi connectivity index (χ0) is 19.3. The molecule has 1 amide bonds. The van der Waals surface area contributed by atoms with Crippen LogP contribution in [0.1, 0.15) is 42.0 Å². The van der Waals surface area contributed by atoms with Gasteiger partial charge in [0.1, 0.15) is 12.1 Å². The summed E-state index contributed by atoms with van der Waals surface area (Å²) < 4.78 is 0. The number of nitrogens with zero attached hydrogens (tertiary/aromatic N) is 4. The highest BCUT2D eigenvalue weighted by Gasteiger charge is 2.45. The van der Waals surface area contributed by atoms with Crippen molar-refractivity contribution in [3.05, 3.63) is 47.4 Å². The van der Waals surface area contributed by atoms with Gasteiger partial charge in [0.2, 0.25) is 5.91 Å². The molecule has 4 aliphatic rings. The SMILES string of the molecule is Cc1cccc(NC(=O)CN2C3CC2CN(c2cc(C4CC4)ncn2)C3)c1C. The zero-order valence-corrected chi connectivity index (χ0v) is 16.6. The summed E-state index contributed by atoms with van der Waals surface area (Å²) in [6, 6.07) is 9.07. The Kier molecular flexibility index (Phi) is 4.31. The van der Waals surface area contributed by atoms with Gasteiger partial charge in [-0.25, -0.2) is 9.97 Å². The first-order valence-electron chi connectivity index (χ1n) is 10.3. The van der Waals surface area contributed by atoms with Gasteiger partial charge in [-0.3, -0.25) is 9.69 Å². The topological polar surface area (TPSA) is 61.4 Å². The Labute approximate surface area is 166 Å². The Morgan fingerprint density at radius 3 is 2.71 bits per heavy atom. The fourth-order valence-corrected chi connectivity index (χ4v) is 4.51. The largest absolute Gasteiger partial charge is 0.353 e. The number of carbonyl (C=O) groups is 1. The molecule has 1 N–H and O–H groups in total. The minimum absolute atomic E-state index is 0.0786. The van der Waals surface area contributed by atoms with Gasteiger partial charge < -0.3 is 10.2 Å². The molecule has 6 heteroatoms. The number of rotatable bonds is 5. The number of carbonyl (C=O) groups excluding carboxylic acids is 1. The number of amides is 1. The molecule has 4 fully saturated rings. The predicted molar refractivity (Wildman–Crippen MR) is 110 cm³/mol. The molecule has 2 unspecified atom stereocenters. The molecule has 3 saturated heterocycles. The normalized spacial score (nSPS) is 24.0. The van der Waals surface area contributed by atoms with E-state index in [-0.39, 0.29) is 5.91 Å². The van der Waals surface area contributed by atoms with Crippen LogP contribution in [0.2, 0.25) is 0 Å². The number of piperazine rings is 1. The van der Waals surface area contributed by atoms with Crippen molar-refractivity contribution in [3.8, 4) is 0 Å². The van der Waals surface area contributed by atoms with Gasteiger partial charge in [0.25, 0.3) is 0 Å². The molecule has 4 heterocycles. The summed E-state index contributed by atoms with van der Waals surface area (Å²) in [5, 5.41) is 3.09. The molecule has 1 aromatic heterocycles. The molecule has 2 bridgehead atoms. The van der Waals surface area contributed by atoms with Gasteiger partial charge in [-0.2, -0.15) is 0 Å². The van der Waals surface area contributed by atoms with Gasteiger partial charge in [0.15, 0.2) is 0 Å². The quantitative estimate of drug-likeness (QED) is 0.868. The fourth-order valence-electron chi connectivity index (χ4n) is 4.51. The van der Waals surface area contributed by atoms with Crippen molar-refractivity contribution in [1.82, 2.24) is 14.9 Å². The van der Waals surface area contributed by atoms with Gasteiger partial charge in [-0.15, -0.1) is 0 Å². The average Bonchev–Trinajstić information content (AvgIpc) is 3.55. The third kappa shape index (κ3) is 3.26. The molecule has 146 valence electrons. The molecule has 0 spiro atoms. The average molecular weight is 377 g/mol. The molecule has 1 saturated carbocycles. The summed E-state index contributed by atoms with van der Waals surface area (Å²) in [7, 11) is 0. The first-order valence-corrected chi connectivity index (χ1v) is 10.3. The highest BCUT2D eigenvalue weighted by Crippen LogP contribution is 2.40. The van der Waals surface area contributed by atoms with Gasteiger partial charge in [-0.1, -0.05) is 12.1 Å². The van der Waals surface area contributed by atoms with E-state index in [9.17, 15) is 4.79 Å². The Morgan fingerprint density at radius 1 is 1.18 bits per heavy atom. The van der Waals surface area contributed by atoms with E-state index in [1.54, 1.807) is 6.33 Å². The Morgan fingerprint density at radius 2 is 1.96 bits per heavy atom. The van der Waals surface area contributed by atoms with Crippen molar-refractivity contribution >= 4 is 17.4 Å². The van der Waals surface area contributed by atoms with E-state index >= 15 is 0 Å². The monoisotopic (exact) mass is 377 g/mol. The van der Waals surface area contributed by atoms with Gasteiger partial charge in [0, 0.05) is 48.5 Å². The van der Waals surface area contributed by atoms with Crippen LogP contribution in [0.5, 0.6) is 0 Å². The molecule has 3 aliphatic heterocycles. The first-order chi connectivity index (χ1) is 13.6. The van der Waals surface area contributed by atoms with Crippen LogP contribution in [-0.4, -0.2) is 52.5 Å². The van der Waals surface area contributed by atoms with Crippen molar-refractivity contribution in [3.63, 3.8) is 0 Å². The molecule has 1 aliphatic carbocycles. The van der Waals surface area contributed by atoms with Crippen LogP contribution in [0.3, 0.4) is 0 Å². The maximum Gasteiger partial charge on any atom is 0.238 e. The van der Waals surface area contributed by atoms with Crippen molar-refractivity contribution in [2.24, 2.45) is 0 Å². The van der Waals surface area contributed by atoms with E-state index < -0.39 is 0 Å². The Hall–Kier alpha value is -2.47. The lowest BCUT2D eigenvalue weighted by Crippen LogP contribution is -2.69. The van der Waals surface area contributed by atoms with Crippen LogP contribution in [0.4, 0.5) is 11.5 Å². The van der Waals surface area contributed by atoms with Crippen LogP contribution in [0.15, 0.2) is 30.6 Å². The second-order valence-corrected chi connectivity index (χ2v) is 8.49. The van der Waals surface area contributed by atoms with Crippen LogP contribution >= 0.6 is 0 Å². The lowest BCUT2D eigenvalue weighted by molar-refractivity contribution is -0.121. The summed E-state index contributed by atoms with van der Waals surface area (Å²) in [6.07, 6.45) is 5.39. The molecule has 0 radical (unpaired) electrons. The van der Waals surface area contributed by atoms with Crippen LogP contribution in [-0.2, 0) is 4.79 Å². The number of fused-ring (bicyclic) bond motifs is 2. The van der Waals surface area contributed by atoms with Crippen molar-refractivity contribution < 1.29 is 4.79 Å². The minimum Gasteiger partial charge on any atom is -0.353 e. The minimum atomic E-state index is 0.0786. The molecule has 28 heavy (non-hydrogen) atoms. The number of benzene rings is 1. The number of anilines is 2. The van der Waals surface area contributed by atoms with E-state index in [1.165, 1.54) is 30.5 Å². The van der Waals surface area contributed by atoms with E-state index in [1.807, 2.05) is 12.1 Å². The predicted octanol–water partition coefficient (Wildman–Crippen LogP) is 2.87. The molecular weight excluding hydrogens is 350 g/mol. The highest BCUT2D eigenvalue weighted by atomic mass is 16.2. The Bertz CT molecular complexity index is 898. The second kappa shape index (κ2) is 6.85. The van der Waals surface area contributed by atoms with E-state index in [0.717, 1.165) is 30.2 Å². The van der Waals surface area contributed by atoms with Crippen molar-refractivity contribution in [1.29, 1.82) is 0 Å². The highest BCUT2D eigenvalue weighted by molar-refractivity contribution is 5.93. The number of hydrogen-bond donors (Lipinski definition) is 1. The summed E-state index contributed by atoms with van der Waals surface area (Å²) in [4.78, 5) is 26.3. The molecule has 2 atom stereocenters. The van der Waals surface area contributed by atoms with Crippen molar-refractivity contribution in [2.45, 2.75) is 51.1 Å². The second-order valence-electron chi connectivity index (χ2n) is 8.49. The van der Waals surface area contributed by atoms with Gasteiger partial charge >= 0.3 is 0 Å². The number of aryl methyl sites for hydroxylation is 1. The molecule has 2 aromatic rings.